The Labute approximate surface area is 72.7 Å². The van der Waals surface area contributed by atoms with Crippen molar-refractivity contribution in [2.75, 3.05) is 0 Å². The van der Waals surface area contributed by atoms with Crippen molar-refractivity contribution < 1.29 is 40.0 Å². The van der Waals surface area contributed by atoms with E-state index in [1.165, 1.54) is 0 Å². The zero-order valence-electron chi connectivity index (χ0n) is 5.89. The molecule has 0 unspecified atom stereocenters. The van der Waals surface area contributed by atoms with Gasteiger partial charge in [0.25, 0.3) is 0 Å². The zero-order valence-corrected chi connectivity index (χ0v) is 6.70. The largest absolute Gasteiger partial charge is 0.431 e. The van der Waals surface area contributed by atoms with E-state index >= 15 is 0 Å². The van der Waals surface area contributed by atoms with Gasteiger partial charge < -0.3 is 0 Å². The molecule has 0 bridgehead atoms. The second kappa shape index (κ2) is 2.33. The van der Waals surface area contributed by atoms with Gasteiger partial charge in [0.05, 0.1) is 0 Å². The van der Waals surface area contributed by atoms with Crippen molar-refractivity contribution in [3.05, 3.63) is 0 Å². The van der Waals surface area contributed by atoms with E-state index in [4.69, 9.17) is 5.21 Å². The SMILES string of the molecule is O=S1(=O)N(O)C(F)(F)C(F)(F)C1(F)F. The molecule has 84 valence electrons. The molecule has 0 radical (unpaired) electrons. The Hall–Kier alpha value is -0.550. The molecule has 11 heteroatoms. The summed E-state index contributed by atoms with van der Waals surface area (Å²) in [6, 6.07) is -5.87. The van der Waals surface area contributed by atoms with Gasteiger partial charge in [-0.1, -0.05) is 0 Å². The second-order valence-corrected chi connectivity index (χ2v) is 4.19. The van der Waals surface area contributed by atoms with Crippen LogP contribution in [0.3, 0.4) is 0 Å². The summed E-state index contributed by atoms with van der Waals surface area (Å²) in [6.45, 7) is 0. The highest BCUT2D eigenvalue weighted by molar-refractivity contribution is 7.90. The van der Waals surface area contributed by atoms with Crippen LogP contribution in [0.15, 0.2) is 0 Å². The van der Waals surface area contributed by atoms with E-state index in [0.717, 1.165) is 0 Å². The smallest absolute Gasteiger partial charge is 0.294 e. The number of hydrogen-bond donors (Lipinski definition) is 1. The highest BCUT2D eigenvalue weighted by atomic mass is 32.2. The van der Waals surface area contributed by atoms with Crippen LogP contribution < -0.4 is 0 Å². The first-order chi connectivity index (χ1) is 5.90. The average molecular weight is 245 g/mol. The summed E-state index contributed by atoms with van der Waals surface area (Å²) in [5, 5.41) is 1.95. The van der Waals surface area contributed by atoms with Crippen molar-refractivity contribution in [3.8, 4) is 0 Å². The molecule has 1 aliphatic rings. The lowest BCUT2D eigenvalue weighted by Crippen LogP contribution is -2.49. The molecular weight excluding hydrogens is 244 g/mol. The first-order valence-corrected chi connectivity index (χ1v) is 4.22. The fourth-order valence-corrected chi connectivity index (χ4v) is 1.80. The molecule has 0 amide bonds. The Morgan fingerprint density at radius 2 is 1.36 bits per heavy atom. The van der Waals surface area contributed by atoms with Crippen LogP contribution in [0.1, 0.15) is 0 Å². The van der Waals surface area contributed by atoms with Crippen molar-refractivity contribution in [3.63, 3.8) is 0 Å². The maximum absolute atomic E-state index is 12.2. The Morgan fingerprint density at radius 3 is 1.43 bits per heavy atom. The number of alkyl halides is 6. The molecule has 1 saturated heterocycles. The van der Waals surface area contributed by atoms with Crippen LogP contribution in [0.4, 0.5) is 26.3 Å². The summed E-state index contributed by atoms with van der Waals surface area (Å²) in [6.07, 6.45) is 0. The summed E-state index contributed by atoms with van der Waals surface area (Å²) in [4.78, 5) is 0. The molecule has 0 atom stereocenters. The van der Waals surface area contributed by atoms with Gasteiger partial charge >= 0.3 is 27.2 Å². The minimum atomic E-state index is -6.46. The number of hydrogen-bond acceptors (Lipinski definition) is 3. The Morgan fingerprint density at radius 1 is 1.00 bits per heavy atom. The Kier molecular flexibility index (Phi) is 1.92. The normalized spacial score (nSPS) is 33.1. The van der Waals surface area contributed by atoms with E-state index in [1.807, 2.05) is 0 Å². The molecule has 4 nitrogen and oxygen atoms in total. The molecule has 1 rings (SSSR count). The van der Waals surface area contributed by atoms with Gasteiger partial charge in [-0.05, 0) is 4.47 Å². The van der Waals surface area contributed by atoms with E-state index in [2.05, 4.69) is 0 Å². The van der Waals surface area contributed by atoms with E-state index in [9.17, 15) is 34.8 Å². The maximum Gasteiger partial charge on any atom is 0.431 e. The monoisotopic (exact) mass is 245 g/mol. The van der Waals surface area contributed by atoms with Gasteiger partial charge in [-0.3, -0.25) is 5.21 Å². The van der Waals surface area contributed by atoms with Crippen LogP contribution in [0.5, 0.6) is 0 Å². The molecule has 14 heavy (non-hydrogen) atoms. The first kappa shape index (κ1) is 11.5. The van der Waals surface area contributed by atoms with Crippen molar-refractivity contribution >= 4 is 10.0 Å². The number of hydroxylamine groups is 1. The third-order valence-corrected chi connectivity index (χ3v) is 3.12. The fraction of sp³-hybridized carbons (Fsp3) is 1.00. The van der Waals surface area contributed by atoms with Gasteiger partial charge in [0.1, 0.15) is 0 Å². The van der Waals surface area contributed by atoms with Crippen LogP contribution >= 0.6 is 0 Å². The molecule has 1 aliphatic heterocycles. The van der Waals surface area contributed by atoms with Crippen LogP contribution in [-0.4, -0.2) is 35.3 Å². The molecule has 0 aromatic carbocycles. The minimum absolute atomic E-state index is 2.32. The molecule has 1 N–H and O–H groups in total. The van der Waals surface area contributed by atoms with Crippen molar-refractivity contribution in [2.24, 2.45) is 0 Å². The first-order valence-electron chi connectivity index (χ1n) is 2.78. The Bertz CT molecular complexity index is 363. The minimum Gasteiger partial charge on any atom is -0.294 e. The molecule has 0 spiro atoms. The van der Waals surface area contributed by atoms with Gasteiger partial charge in [0.15, 0.2) is 0 Å². The predicted molar refractivity (Wildman–Crippen MR) is 27.4 cm³/mol. The molecular formula is C3HF6NO3S. The van der Waals surface area contributed by atoms with E-state index in [0.29, 0.717) is 0 Å². The van der Waals surface area contributed by atoms with Gasteiger partial charge in [-0.2, -0.15) is 26.3 Å². The number of sulfonamides is 1. The van der Waals surface area contributed by atoms with Crippen molar-refractivity contribution in [2.45, 2.75) is 17.2 Å². The zero-order chi connectivity index (χ0) is 11.6. The summed E-state index contributed by atoms with van der Waals surface area (Å²) >= 11 is 0. The lowest BCUT2D eigenvalue weighted by atomic mass is 10.3. The summed E-state index contributed by atoms with van der Waals surface area (Å²) in [5.41, 5.74) is 0. The second-order valence-electron chi connectivity index (χ2n) is 2.38. The van der Waals surface area contributed by atoms with Crippen molar-refractivity contribution in [1.29, 1.82) is 0 Å². The molecule has 0 aromatic rings. The van der Waals surface area contributed by atoms with Gasteiger partial charge in [-0.25, -0.2) is 8.42 Å². The topological polar surface area (TPSA) is 57.6 Å². The van der Waals surface area contributed by atoms with Gasteiger partial charge in [0, 0.05) is 0 Å². The molecule has 0 aromatic heterocycles. The third kappa shape index (κ3) is 0.846. The lowest BCUT2D eigenvalue weighted by Gasteiger charge is -2.19. The molecule has 1 fully saturated rings. The lowest BCUT2D eigenvalue weighted by molar-refractivity contribution is -0.336. The quantitative estimate of drug-likeness (QED) is 0.508. The van der Waals surface area contributed by atoms with Crippen LogP contribution in [0, 0.1) is 0 Å². The molecule has 0 saturated carbocycles. The maximum atomic E-state index is 12.2. The van der Waals surface area contributed by atoms with E-state index in [-0.39, 0.29) is 0 Å². The summed E-state index contributed by atoms with van der Waals surface area (Å²) < 4.78 is 91.2. The fourth-order valence-electron chi connectivity index (χ4n) is 0.717. The highest BCUT2D eigenvalue weighted by Crippen LogP contribution is 2.57. The Balaban J connectivity index is 3.55. The summed E-state index contributed by atoms with van der Waals surface area (Å²) in [5.74, 6) is -6.19. The number of rotatable bonds is 0. The molecule has 1 heterocycles. The van der Waals surface area contributed by atoms with Gasteiger partial charge in [-0.15, -0.1) is 0 Å². The predicted octanol–water partition coefficient (Wildman–Crippen LogP) is 0.842. The van der Waals surface area contributed by atoms with Gasteiger partial charge in [0.2, 0.25) is 0 Å². The van der Waals surface area contributed by atoms with Crippen molar-refractivity contribution in [1.82, 2.24) is 4.47 Å². The number of halogens is 6. The van der Waals surface area contributed by atoms with Crippen LogP contribution in [0.2, 0.25) is 0 Å². The number of nitrogens with zero attached hydrogens (tertiary/aromatic N) is 1. The highest BCUT2D eigenvalue weighted by Gasteiger charge is 2.89. The molecule has 0 aliphatic carbocycles. The third-order valence-electron chi connectivity index (χ3n) is 1.54. The standard InChI is InChI=1S/C3HF6NO3S/c4-1(5)2(6,7)10(11)14(12,13)3(1,8)9/h11H. The summed E-state index contributed by atoms with van der Waals surface area (Å²) in [7, 11) is -6.46. The average Bonchev–Trinajstić information content (AvgIpc) is 2.05. The van der Waals surface area contributed by atoms with Crippen LogP contribution in [0.25, 0.3) is 0 Å². The van der Waals surface area contributed by atoms with E-state index in [1.54, 1.807) is 0 Å². The van der Waals surface area contributed by atoms with E-state index < -0.39 is 31.7 Å². The van der Waals surface area contributed by atoms with Crippen LogP contribution in [-0.2, 0) is 10.0 Å².